The van der Waals surface area contributed by atoms with Gasteiger partial charge in [0.15, 0.2) is 0 Å². The number of benzene rings is 6. The summed E-state index contributed by atoms with van der Waals surface area (Å²) >= 11 is 0. The smallest absolute Gasteiger partial charge is 0.0491 e. The summed E-state index contributed by atoms with van der Waals surface area (Å²) in [4.78, 5) is 0. The van der Waals surface area contributed by atoms with E-state index in [1.165, 1.54) is 87.7 Å². The molecule has 0 radical (unpaired) electrons. The Labute approximate surface area is 347 Å². The fourth-order valence-corrected chi connectivity index (χ4v) is 9.03. The number of hydrogen-bond donors (Lipinski definition) is 0. The van der Waals surface area contributed by atoms with Crippen LogP contribution in [0.15, 0.2) is 181 Å². The maximum atomic E-state index is 2.41. The molecule has 0 fully saturated rings. The third-order valence-corrected chi connectivity index (χ3v) is 11.9. The SMILES string of the molecule is C\C=C(/C=C(\C=C\C=C\c1ccc2c(c1)c1ccccc1n2CC)/C=C/c1ccc2c(c1)c1ccccc1n2CC)C/C=C/c1ccc2c(c1)c1ccccc1n2CC. The van der Waals surface area contributed by atoms with Crippen LogP contribution in [0.25, 0.3) is 83.6 Å². The summed E-state index contributed by atoms with van der Waals surface area (Å²) in [6, 6.07) is 46.7. The maximum absolute atomic E-state index is 2.41. The average Bonchev–Trinajstić information content (AvgIpc) is 3.90. The number of allylic oxidation sites excluding steroid dienone is 9. The Kier molecular flexibility index (Phi) is 10.6. The number of aromatic nitrogens is 3. The molecule has 0 N–H and O–H groups in total. The predicted octanol–water partition coefficient (Wildman–Crippen LogP) is 15.3. The average molecular weight is 766 g/mol. The standard InChI is InChI=1S/C56H51N3/c1-5-40(20-17-21-43-31-34-55-49(38-43)46-23-12-15-26-52(46)58(55)7-3)36-41(28-29-44-32-35-56-50(39-44)47-24-13-16-27-53(47)59(56)8-4)18-9-10-19-42-30-33-54-48(37-42)45-22-11-14-25-51(45)57(54)6-2/h5,9-19,21-39H,6-8,20H2,1-4H3/b18-9+,19-10+,21-17+,29-28+,40-5-,41-36+. The summed E-state index contributed by atoms with van der Waals surface area (Å²) in [6.45, 7) is 11.6. The van der Waals surface area contributed by atoms with Crippen molar-refractivity contribution in [2.75, 3.05) is 0 Å². The van der Waals surface area contributed by atoms with Gasteiger partial charge >= 0.3 is 0 Å². The highest BCUT2D eigenvalue weighted by molar-refractivity contribution is 6.10. The zero-order chi connectivity index (χ0) is 40.3. The van der Waals surface area contributed by atoms with Gasteiger partial charge in [-0.05, 0) is 117 Å². The van der Waals surface area contributed by atoms with Gasteiger partial charge in [-0.1, -0.05) is 134 Å². The van der Waals surface area contributed by atoms with Crippen LogP contribution < -0.4 is 0 Å². The number of aryl methyl sites for hydroxylation is 3. The van der Waals surface area contributed by atoms with Crippen molar-refractivity contribution in [1.29, 1.82) is 0 Å². The number of fused-ring (bicyclic) bond motifs is 9. The van der Waals surface area contributed by atoms with E-state index in [9.17, 15) is 0 Å². The van der Waals surface area contributed by atoms with Gasteiger partial charge in [-0.15, -0.1) is 0 Å². The minimum absolute atomic E-state index is 0.833. The lowest BCUT2D eigenvalue weighted by atomic mass is 10.0. The van der Waals surface area contributed by atoms with Gasteiger partial charge in [-0.25, -0.2) is 0 Å². The molecule has 0 saturated heterocycles. The molecule has 3 aromatic heterocycles. The van der Waals surface area contributed by atoms with Crippen molar-refractivity contribution in [2.24, 2.45) is 0 Å². The van der Waals surface area contributed by atoms with Crippen LogP contribution in [-0.4, -0.2) is 13.7 Å². The summed E-state index contributed by atoms with van der Waals surface area (Å²) < 4.78 is 7.22. The molecule has 0 spiro atoms. The number of rotatable bonds is 12. The molecule has 0 saturated carbocycles. The van der Waals surface area contributed by atoms with E-state index in [1.807, 2.05) is 0 Å². The van der Waals surface area contributed by atoms with E-state index in [-0.39, 0.29) is 0 Å². The third kappa shape index (κ3) is 7.19. The van der Waals surface area contributed by atoms with E-state index >= 15 is 0 Å². The van der Waals surface area contributed by atoms with Crippen LogP contribution in [0.2, 0.25) is 0 Å². The van der Waals surface area contributed by atoms with Crippen molar-refractivity contribution in [2.45, 2.75) is 53.8 Å². The second-order valence-electron chi connectivity index (χ2n) is 15.3. The molecule has 0 aliphatic rings. The van der Waals surface area contributed by atoms with Crippen LogP contribution in [0.5, 0.6) is 0 Å². The first-order valence-electron chi connectivity index (χ1n) is 21.2. The van der Waals surface area contributed by atoms with Crippen molar-refractivity contribution in [3.05, 3.63) is 198 Å². The van der Waals surface area contributed by atoms with Crippen molar-refractivity contribution in [3.8, 4) is 0 Å². The molecule has 0 bridgehead atoms. The molecular formula is C56H51N3. The zero-order valence-corrected chi connectivity index (χ0v) is 34.6. The maximum Gasteiger partial charge on any atom is 0.0491 e. The van der Waals surface area contributed by atoms with Gasteiger partial charge in [0.25, 0.3) is 0 Å². The van der Waals surface area contributed by atoms with E-state index < -0.39 is 0 Å². The minimum atomic E-state index is 0.833. The Morgan fingerprint density at radius 1 is 0.441 bits per heavy atom. The molecule has 3 heterocycles. The van der Waals surface area contributed by atoms with Gasteiger partial charge in [-0.2, -0.15) is 0 Å². The Morgan fingerprint density at radius 2 is 0.864 bits per heavy atom. The van der Waals surface area contributed by atoms with Crippen LogP contribution in [0.3, 0.4) is 0 Å². The fraction of sp³-hybridized carbons (Fsp3) is 0.143. The van der Waals surface area contributed by atoms with Gasteiger partial charge in [0.05, 0.1) is 0 Å². The molecule has 9 rings (SSSR count). The fourth-order valence-electron chi connectivity index (χ4n) is 9.03. The number of nitrogens with zero attached hydrogens (tertiary/aromatic N) is 3. The van der Waals surface area contributed by atoms with Crippen LogP contribution in [0, 0.1) is 0 Å². The van der Waals surface area contributed by atoms with Gasteiger partial charge in [-0.3, -0.25) is 0 Å². The Hall–Kier alpha value is -6.84. The molecule has 59 heavy (non-hydrogen) atoms. The summed E-state index contributed by atoms with van der Waals surface area (Å²) in [7, 11) is 0. The highest BCUT2D eigenvalue weighted by Gasteiger charge is 2.11. The van der Waals surface area contributed by atoms with Gasteiger partial charge < -0.3 is 13.7 Å². The first kappa shape index (κ1) is 37.7. The summed E-state index contributed by atoms with van der Waals surface area (Å²) in [5.41, 5.74) is 13.7. The Bertz CT molecular complexity index is 3200. The lowest BCUT2D eigenvalue weighted by Gasteiger charge is -2.04. The second kappa shape index (κ2) is 16.6. The molecule has 0 amide bonds. The molecule has 290 valence electrons. The summed E-state index contributed by atoms with van der Waals surface area (Å²) in [6.07, 6.45) is 23.2. The van der Waals surface area contributed by atoms with Crippen molar-refractivity contribution in [1.82, 2.24) is 13.7 Å². The van der Waals surface area contributed by atoms with Crippen molar-refractivity contribution < 1.29 is 0 Å². The molecule has 9 aromatic rings. The van der Waals surface area contributed by atoms with E-state index in [0.717, 1.165) is 31.6 Å². The van der Waals surface area contributed by atoms with Crippen LogP contribution >= 0.6 is 0 Å². The molecule has 0 aliphatic carbocycles. The summed E-state index contributed by atoms with van der Waals surface area (Å²) in [5, 5.41) is 7.83. The minimum Gasteiger partial charge on any atom is -0.341 e. The lowest BCUT2D eigenvalue weighted by molar-refractivity contribution is 0.827. The lowest BCUT2D eigenvalue weighted by Crippen LogP contribution is -1.92. The van der Waals surface area contributed by atoms with E-state index in [0.29, 0.717) is 0 Å². The largest absolute Gasteiger partial charge is 0.341 e. The van der Waals surface area contributed by atoms with Gasteiger partial charge in [0.1, 0.15) is 0 Å². The first-order valence-corrected chi connectivity index (χ1v) is 21.2. The van der Waals surface area contributed by atoms with Gasteiger partial charge in [0, 0.05) is 85.1 Å². The highest BCUT2D eigenvalue weighted by Crippen LogP contribution is 2.33. The Balaban J connectivity index is 1.01. The second-order valence-corrected chi connectivity index (χ2v) is 15.3. The highest BCUT2D eigenvalue weighted by atomic mass is 15.0. The normalized spacial score (nSPS) is 13.3. The monoisotopic (exact) mass is 765 g/mol. The van der Waals surface area contributed by atoms with Crippen molar-refractivity contribution >= 4 is 83.6 Å². The third-order valence-electron chi connectivity index (χ3n) is 11.9. The molecular weight excluding hydrogens is 715 g/mol. The molecule has 0 atom stereocenters. The van der Waals surface area contributed by atoms with E-state index in [4.69, 9.17) is 0 Å². The van der Waals surface area contributed by atoms with Crippen LogP contribution in [0.1, 0.15) is 50.8 Å². The quantitative estimate of drug-likeness (QED) is 0.110. The van der Waals surface area contributed by atoms with Gasteiger partial charge in [0.2, 0.25) is 0 Å². The molecule has 3 nitrogen and oxygen atoms in total. The van der Waals surface area contributed by atoms with E-state index in [2.05, 4.69) is 230 Å². The molecule has 0 unspecified atom stereocenters. The molecule has 0 aliphatic heterocycles. The topological polar surface area (TPSA) is 14.8 Å². The number of hydrogen-bond acceptors (Lipinski definition) is 0. The molecule has 3 heteroatoms. The first-order chi connectivity index (χ1) is 29.1. The van der Waals surface area contributed by atoms with Crippen LogP contribution in [-0.2, 0) is 19.6 Å². The Morgan fingerprint density at radius 3 is 1.32 bits per heavy atom. The molecule has 6 aromatic carbocycles. The predicted molar refractivity (Wildman–Crippen MR) is 258 cm³/mol. The van der Waals surface area contributed by atoms with E-state index in [1.54, 1.807) is 0 Å². The van der Waals surface area contributed by atoms with Crippen molar-refractivity contribution in [3.63, 3.8) is 0 Å². The zero-order valence-electron chi connectivity index (χ0n) is 34.6. The van der Waals surface area contributed by atoms with Crippen LogP contribution in [0.4, 0.5) is 0 Å². The number of para-hydroxylation sites is 3. The summed E-state index contributed by atoms with van der Waals surface area (Å²) in [5.74, 6) is 0.